The first-order valence-electron chi connectivity index (χ1n) is 6.90. The van der Waals surface area contributed by atoms with Gasteiger partial charge in [-0.3, -0.25) is 0 Å². The number of hydrogen-bond donors (Lipinski definition) is 0. The molecule has 17 heavy (non-hydrogen) atoms. The van der Waals surface area contributed by atoms with E-state index in [0.29, 0.717) is 0 Å². The minimum Gasteiger partial charge on any atom is -0.110 e. The van der Waals surface area contributed by atoms with Gasteiger partial charge < -0.3 is 0 Å². The average Bonchev–Trinajstić information content (AvgIpc) is 2.30. The average molecular weight is 315 g/mol. The largest absolute Gasteiger partial charge is 0.199 e. The zero-order chi connectivity index (χ0) is 13.0. The molecule has 98 valence electrons. The van der Waals surface area contributed by atoms with Crippen LogP contribution in [0, 0.1) is 0 Å². The fourth-order valence-electron chi connectivity index (χ4n) is 1.46. The lowest BCUT2D eigenvalue weighted by molar-refractivity contribution is 0.957. The van der Waals surface area contributed by atoms with Crippen molar-refractivity contribution >= 4 is 22.0 Å². The zero-order valence-corrected chi connectivity index (χ0v) is 14.2. The molecule has 0 aliphatic heterocycles. The molecule has 0 bridgehead atoms. The van der Waals surface area contributed by atoms with Crippen molar-refractivity contribution < 1.29 is 0 Å². The molecule has 0 aromatic rings. The molecule has 0 fully saturated rings. The molecule has 0 heterocycles. The van der Waals surface area contributed by atoms with E-state index in [9.17, 15) is 0 Å². The molecule has 0 nitrogen and oxygen atoms in total. The Morgan fingerprint density at radius 1 is 0.706 bits per heavy atom. The van der Waals surface area contributed by atoms with Crippen molar-refractivity contribution in [2.75, 3.05) is 0 Å². The van der Waals surface area contributed by atoms with Gasteiger partial charge in [0.25, 0.3) is 0 Å². The molecule has 0 saturated heterocycles. The molecule has 0 aromatic heterocycles. The number of halogens is 1. The highest BCUT2D eigenvalue weighted by atomic mass is 79.9. The van der Waals surface area contributed by atoms with Crippen molar-refractivity contribution in [3.63, 3.8) is 0 Å². The van der Waals surface area contributed by atoms with Crippen LogP contribution in [0.5, 0.6) is 0 Å². The van der Waals surface area contributed by atoms with E-state index in [2.05, 4.69) is 71.4 Å². The molecule has 0 N–H and O–H groups in total. The van der Waals surface area contributed by atoms with Gasteiger partial charge in [-0.25, -0.2) is 0 Å². The highest BCUT2D eigenvalue weighted by Crippen LogP contribution is 2.19. The Morgan fingerprint density at radius 2 is 1.00 bits per heavy atom. The summed E-state index contributed by atoms with van der Waals surface area (Å²) in [6.07, 6.45) is 14.2. The van der Waals surface area contributed by atoms with Crippen molar-refractivity contribution in [1.82, 2.24) is 0 Å². The summed E-state index contributed by atoms with van der Waals surface area (Å²) in [5.41, 5.74) is 7.19. The standard InChI is InChI=1S/C15H27BrSi/c1-4-7-10-13-17(16,14-11-8-5-2)15-12-9-6-3/h10-15H,4-9H2,1-3H3. The van der Waals surface area contributed by atoms with E-state index in [4.69, 9.17) is 0 Å². The van der Waals surface area contributed by atoms with E-state index in [1.54, 1.807) is 0 Å². The van der Waals surface area contributed by atoms with Gasteiger partial charge in [0.15, 0.2) is 6.69 Å². The molecule has 0 atom stereocenters. The summed E-state index contributed by atoms with van der Waals surface area (Å²) in [6, 6.07) is 0. The first-order chi connectivity index (χ1) is 8.18. The third-order valence-corrected chi connectivity index (χ3v) is 7.10. The Balaban J connectivity index is 4.55. The van der Waals surface area contributed by atoms with Gasteiger partial charge in [0.05, 0.1) is 0 Å². The van der Waals surface area contributed by atoms with Gasteiger partial charge in [-0.05, 0) is 19.3 Å². The smallest absolute Gasteiger partial charge is 0.110 e. The van der Waals surface area contributed by atoms with Gasteiger partial charge in [-0.1, -0.05) is 75.4 Å². The number of hydrogen-bond acceptors (Lipinski definition) is 0. The lowest BCUT2D eigenvalue weighted by Gasteiger charge is -2.11. The van der Waals surface area contributed by atoms with Crippen LogP contribution in [0.15, 0.2) is 35.3 Å². The molecule has 0 amide bonds. The van der Waals surface area contributed by atoms with Gasteiger partial charge in [-0.15, -0.1) is 15.3 Å². The van der Waals surface area contributed by atoms with Crippen molar-refractivity contribution in [3.05, 3.63) is 35.3 Å². The molecule has 0 aromatic carbocycles. The maximum absolute atomic E-state index is 3.95. The third-order valence-electron chi connectivity index (χ3n) is 2.49. The Kier molecular flexibility index (Phi) is 11.0. The Morgan fingerprint density at radius 3 is 1.24 bits per heavy atom. The number of unbranched alkanes of at least 4 members (excludes halogenated alkanes) is 3. The molecule has 0 radical (unpaired) electrons. The fourth-order valence-corrected chi connectivity index (χ4v) is 5.06. The van der Waals surface area contributed by atoms with Gasteiger partial charge in [0.1, 0.15) is 0 Å². The van der Waals surface area contributed by atoms with E-state index in [0.717, 1.165) is 0 Å². The first kappa shape index (κ1) is 16.9. The van der Waals surface area contributed by atoms with E-state index < -0.39 is 6.69 Å². The quantitative estimate of drug-likeness (QED) is 0.361. The number of allylic oxidation sites excluding steroid dienone is 3. The summed E-state index contributed by atoms with van der Waals surface area (Å²) in [4.78, 5) is 0. The van der Waals surface area contributed by atoms with Crippen LogP contribution >= 0.6 is 15.3 Å². The molecule has 2 heteroatoms. The maximum Gasteiger partial charge on any atom is 0.199 e. The molecule has 0 aliphatic rings. The molecule has 0 rings (SSSR count). The lowest BCUT2D eigenvalue weighted by atomic mass is 10.3. The van der Waals surface area contributed by atoms with Crippen LogP contribution in [0.25, 0.3) is 0 Å². The highest BCUT2D eigenvalue weighted by molar-refractivity contribution is 9.26. The Hall–Kier alpha value is -0.0831. The third kappa shape index (κ3) is 9.60. The number of rotatable bonds is 9. The van der Waals surface area contributed by atoms with Crippen LogP contribution < -0.4 is 0 Å². The van der Waals surface area contributed by atoms with Crippen molar-refractivity contribution in [2.24, 2.45) is 0 Å². The van der Waals surface area contributed by atoms with Gasteiger partial charge in [-0.2, -0.15) is 0 Å². The van der Waals surface area contributed by atoms with Crippen LogP contribution in [0.2, 0.25) is 0 Å². The van der Waals surface area contributed by atoms with Crippen LogP contribution in [0.3, 0.4) is 0 Å². The summed E-state index contributed by atoms with van der Waals surface area (Å²) in [7, 11) is 0. The molecule has 0 unspecified atom stereocenters. The highest BCUT2D eigenvalue weighted by Gasteiger charge is 2.18. The van der Waals surface area contributed by atoms with E-state index >= 15 is 0 Å². The zero-order valence-electron chi connectivity index (χ0n) is 11.6. The van der Waals surface area contributed by atoms with Crippen LogP contribution in [-0.4, -0.2) is 6.69 Å². The van der Waals surface area contributed by atoms with Crippen molar-refractivity contribution in [2.45, 2.75) is 59.3 Å². The second kappa shape index (κ2) is 11.0. The summed E-state index contributed by atoms with van der Waals surface area (Å²) < 4.78 is 0. The summed E-state index contributed by atoms with van der Waals surface area (Å²) in [5, 5.41) is 0. The monoisotopic (exact) mass is 314 g/mol. The fraction of sp³-hybridized carbons (Fsp3) is 0.600. The first-order valence-corrected chi connectivity index (χ1v) is 11.4. The van der Waals surface area contributed by atoms with Crippen molar-refractivity contribution in [1.29, 1.82) is 0 Å². The summed E-state index contributed by atoms with van der Waals surface area (Å²) in [5.74, 6) is 0. The second-order valence-electron chi connectivity index (χ2n) is 4.40. The predicted molar refractivity (Wildman–Crippen MR) is 86.8 cm³/mol. The Labute approximate surface area is 116 Å². The normalized spacial score (nSPS) is 16.2. The molecular formula is C15H27BrSi. The second-order valence-corrected chi connectivity index (χ2v) is 11.2. The van der Waals surface area contributed by atoms with Crippen LogP contribution in [-0.2, 0) is 0 Å². The van der Waals surface area contributed by atoms with E-state index in [1.165, 1.54) is 38.5 Å². The minimum atomic E-state index is -1.59. The molecule has 0 aliphatic carbocycles. The maximum atomic E-state index is 3.95. The molecular weight excluding hydrogens is 288 g/mol. The predicted octanol–water partition coefficient (Wildman–Crippen LogP) is 6.01. The summed E-state index contributed by atoms with van der Waals surface area (Å²) in [6.45, 7) is 5.08. The van der Waals surface area contributed by atoms with E-state index in [-0.39, 0.29) is 0 Å². The lowest BCUT2D eigenvalue weighted by Crippen LogP contribution is -2.17. The minimum absolute atomic E-state index is 1.18. The van der Waals surface area contributed by atoms with Crippen LogP contribution in [0.1, 0.15) is 59.3 Å². The molecule has 0 saturated carbocycles. The van der Waals surface area contributed by atoms with Crippen molar-refractivity contribution in [3.8, 4) is 0 Å². The van der Waals surface area contributed by atoms with Crippen LogP contribution in [0.4, 0.5) is 0 Å². The topological polar surface area (TPSA) is 0 Å². The Bertz CT molecular complexity index is 213. The van der Waals surface area contributed by atoms with Gasteiger partial charge in [0.2, 0.25) is 0 Å². The summed E-state index contributed by atoms with van der Waals surface area (Å²) >= 11 is 3.95. The van der Waals surface area contributed by atoms with Gasteiger partial charge in [0, 0.05) is 0 Å². The van der Waals surface area contributed by atoms with Gasteiger partial charge >= 0.3 is 0 Å². The van der Waals surface area contributed by atoms with E-state index in [1.807, 2.05) is 0 Å². The molecule has 0 spiro atoms. The SMILES string of the molecule is CCCC=C[Si](Br)(C=CCCC)C=CCCC.